The number of halogens is 2. The van der Waals surface area contributed by atoms with Gasteiger partial charge in [-0.3, -0.25) is 18.9 Å². The van der Waals surface area contributed by atoms with Gasteiger partial charge in [-0.15, -0.1) is 15.3 Å². The fourth-order valence-electron chi connectivity index (χ4n) is 7.82. The third kappa shape index (κ3) is 14.2. The van der Waals surface area contributed by atoms with E-state index in [1.54, 1.807) is 111 Å². The van der Waals surface area contributed by atoms with Gasteiger partial charge >= 0.3 is 48.9 Å². The Bertz CT molecular complexity index is 3860. The van der Waals surface area contributed by atoms with Gasteiger partial charge in [0.15, 0.2) is 5.75 Å². The van der Waals surface area contributed by atoms with Gasteiger partial charge in [-0.05, 0) is 109 Å². The van der Waals surface area contributed by atoms with Crippen molar-refractivity contribution in [1.29, 1.82) is 0 Å². The zero-order valence-corrected chi connectivity index (χ0v) is 49.1. The number of aryl methyl sites for hydroxylation is 2. The van der Waals surface area contributed by atoms with Gasteiger partial charge in [0.2, 0.25) is 0 Å². The molecule has 18 nitrogen and oxygen atoms in total. The number of amides is 1. The standard InChI is InChI=1S/2C27H24ClN3O6S.Ba/c2*1-3-16-12-13-22(23(28)26(16)38(34,35)36)30-31-24-20-11-6-5-8-17(20)14-21(25(24)32)27(33)29-18-9-7-10-19(15-18)37-4-2;/h2*5-15,32H,3-4H2,1-2H3,(H,29,33)(H,34,35,36);/q;;+2/p-2. The largest absolute Gasteiger partial charge is 2.00 e. The van der Waals surface area contributed by atoms with Crippen LogP contribution >= 0.6 is 23.2 Å². The second-order valence-electron chi connectivity index (χ2n) is 16.3. The Labute approximate surface area is 493 Å². The Morgan fingerprint density at radius 2 is 1.09 bits per heavy atom. The Kier molecular flexibility index (Phi) is 20.4. The van der Waals surface area contributed by atoms with E-state index in [4.69, 9.17) is 32.7 Å². The van der Waals surface area contributed by atoms with Crippen LogP contribution in [0.3, 0.4) is 0 Å². The fraction of sp³-hybridized carbons (Fsp3) is 0.148. The van der Waals surface area contributed by atoms with Gasteiger partial charge in [0.05, 0.1) is 40.2 Å². The maximum atomic E-state index is 13.4. The van der Waals surface area contributed by atoms with Crippen LogP contribution in [0.1, 0.15) is 54.7 Å². The van der Waals surface area contributed by atoms with Crippen LogP contribution in [-0.2, 0) is 33.1 Å². The summed E-state index contributed by atoms with van der Waals surface area (Å²) >= 11 is 12.5. The van der Waals surface area contributed by atoms with Crippen molar-refractivity contribution in [2.24, 2.45) is 25.4 Å². The van der Waals surface area contributed by atoms with Crippen molar-refractivity contribution >= 4 is 160 Å². The normalized spacial score (nSPS) is 11.9. The van der Waals surface area contributed by atoms with Crippen molar-refractivity contribution in [3.05, 3.63) is 166 Å². The zero-order chi connectivity index (χ0) is 54.9. The van der Waals surface area contributed by atoms with E-state index in [9.17, 15) is 46.1 Å². The van der Waals surface area contributed by atoms with Gasteiger partial charge in [-0.25, -0.2) is 0 Å². The number of nitrogens with zero attached hydrogens (tertiary/aromatic N) is 5. The van der Waals surface area contributed by atoms with E-state index in [-0.39, 0.29) is 92.8 Å². The third-order valence-corrected chi connectivity index (χ3v) is 14.3. The molecule has 0 aliphatic heterocycles. The summed E-state index contributed by atoms with van der Waals surface area (Å²) < 4.78 is 77.9. The second-order valence-corrected chi connectivity index (χ2v) is 19.7. The monoisotopic (exact) mass is 1240 g/mol. The predicted molar refractivity (Wildman–Crippen MR) is 294 cm³/mol. The molecule has 0 spiro atoms. The van der Waals surface area contributed by atoms with Crippen molar-refractivity contribution in [2.45, 2.75) is 50.3 Å². The van der Waals surface area contributed by atoms with E-state index in [0.717, 1.165) is 0 Å². The molecule has 77 heavy (non-hydrogen) atoms. The SMILES string of the molecule is CCOc1cccc(N=C([O-])c2cc3ccccc3c(N=Nc3ccc(CC)c(S(=O)(=O)O)c3Cl)c2[O-])c1.CCOc1cccc(NC(=O)c2cc3ccccc3c(N=Nc3ccc(CC)c(S(=O)(=O)O)c3Cl)c2O)c1.[Ba+2]. The minimum absolute atomic E-state index is 0. The number of benzene rings is 8. The minimum Gasteiger partial charge on any atom is -0.871 e. The third-order valence-electron chi connectivity index (χ3n) is 11.3. The molecule has 4 N–H and O–H groups in total. The maximum Gasteiger partial charge on any atom is 2.00 e. The van der Waals surface area contributed by atoms with Crippen LogP contribution in [-0.4, -0.2) is 105 Å². The Morgan fingerprint density at radius 3 is 1.61 bits per heavy atom. The average molecular weight is 1240 g/mol. The van der Waals surface area contributed by atoms with Gasteiger partial charge in [0, 0.05) is 28.6 Å². The molecule has 0 radical (unpaired) electrons. The van der Waals surface area contributed by atoms with Crippen molar-refractivity contribution in [2.75, 3.05) is 18.5 Å². The van der Waals surface area contributed by atoms with E-state index >= 15 is 0 Å². The predicted octanol–water partition coefficient (Wildman–Crippen LogP) is 12.3. The number of carbonyl (C=O) groups is 1. The van der Waals surface area contributed by atoms with Crippen LogP contribution in [0.15, 0.2) is 169 Å². The molecular formula is C54H46BaCl2N6O12S2. The van der Waals surface area contributed by atoms with Crippen LogP contribution < -0.4 is 25.0 Å². The van der Waals surface area contributed by atoms with Gasteiger partial charge in [-0.2, -0.15) is 21.9 Å². The molecule has 0 saturated heterocycles. The van der Waals surface area contributed by atoms with E-state index in [0.29, 0.717) is 81.6 Å². The van der Waals surface area contributed by atoms with Crippen molar-refractivity contribution in [3.63, 3.8) is 0 Å². The number of azo groups is 2. The summed E-state index contributed by atoms with van der Waals surface area (Å²) in [6, 6.07) is 36.0. The van der Waals surface area contributed by atoms with Crippen LogP contribution in [0.25, 0.3) is 21.5 Å². The molecule has 23 heteroatoms. The first-order valence-corrected chi connectivity index (χ1v) is 26.8. The number of fused-ring (bicyclic) bond motifs is 2. The Balaban J connectivity index is 0.000000246. The van der Waals surface area contributed by atoms with E-state index in [1.165, 1.54) is 36.4 Å². The number of hydrogen-bond acceptors (Lipinski definition) is 15. The number of ether oxygens (including phenoxy) is 2. The molecule has 0 aliphatic rings. The van der Waals surface area contributed by atoms with Crippen molar-refractivity contribution in [1.82, 2.24) is 0 Å². The number of nitrogens with one attached hydrogen (secondary N) is 1. The number of phenolic OH excluding ortho intramolecular Hbond substituents is 1. The number of aromatic hydroxyl groups is 1. The number of carbonyl (C=O) groups excluding carboxylic acids is 1. The molecule has 8 rings (SSSR count). The second kappa shape index (κ2) is 26.3. The Hall–Kier alpha value is -6.41. The smallest absolute Gasteiger partial charge is 0.871 e. The molecule has 392 valence electrons. The molecular weight excluding hydrogens is 1200 g/mol. The first kappa shape index (κ1) is 59.8. The zero-order valence-electron chi connectivity index (χ0n) is 41.6. The van der Waals surface area contributed by atoms with Crippen molar-refractivity contribution < 1.29 is 55.5 Å². The van der Waals surface area contributed by atoms with Crippen molar-refractivity contribution in [3.8, 4) is 23.0 Å². The molecule has 0 saturated carbocycles. The maximum absolute atomic E-state index is 13.4. The van der Waals surface area contributed by atoms with Gasteiger partial charge < -0.3 is 30.1 Å². The quantitative estimate of drug-likeness (QED) is 0.0231. The van der Waals surface area contributed by atoms with Crippen LogP contribution in [0.4, 0.5) is 34.1 Å². The van der Waals surface area contributed by atoms with Crippen LogP contribution in [0.2, 0.25) is 10.0 Å². The molecule has 0 atom stereocenters. The summed E-state index contributed by atoms with van der Waals surface area (Å²) in [6.45, 7) is 8.02. The van der Waals surface area contributed by atoms with Gasteiger partial charge in [-0.1, -0.05) is 116 Å². The molecule has 8 aromatic carbocycles. The summed E-state index contributed by atoms with van der Waals surface area (Å²) in [5, 5.41) is 58.0. The first-order chi connectivity index (χ1) is 36.3. The summed E-state index contributed by atoms with van der Waals surface area (Å²) in [5.41, 5.74) is 0.863. The fourth-order valence-corrected chi connectivity index (χ4v) is 10.6. The molecule has 0 bridgehead atoms. The topological polar surface area (TPSA) is 284 Å². The van der Waals surface area contributed by atoms with Crippen LogP contribution in [0.5, 0.6) is 23.0 Å². The van der Waals surface area contributed by atoms with Crippen LogP contribution in [0, 0.1) is 0 Å². The van der Waals surface area contributed by atoms with Gasteiger partial charge in [0.1, 0.15) is 38.4 Å². The number of aliphatic imine (C=N–C) groups is 1. The number of anilines is 1. The molecule has 0 aliphatic carbocycles. The molecule has 0 heterocycles. The summed E-state index contributed by atoms with van der Waals surface area (Å²) in [4.78, 5) is 16.3. The Morgan fingerprint density at radius 1 is 0.610 bits per heavy atom. The summed E-state index contributed by atoms with van der Waals surface area (Å²) in [7, 11) is -9.26. The van der Waals surface area contributed by atoms with E-state index in [2.05, 4.69) is 30.8 Å². The minimum atomic E-state index is -4.64. The molecule has 0 unspecified atom stereocenters. The summed E-state index contributed by atoms with van der Waals surface area (Å²) in [5.74, 6) is -1.38. The summed E-state index contributed by atoms with van der Waals surface area (Å²) in [6.07, 6.45) is 0.602. The molecule has 8 aromatic rings. The number of rotatable bonds is 16. The molecule has 1 amide bonds. The molecule has 0 fully saturated rings. The van der Waals surface area contributed by atoms with E-state index in [1.807, 2.05) is 13.8 Å². The first-order valence-electron chi connectivity index (χ1n) is 23.2. The number of phenols is 1. The van der Waals surface area contributed by atoms with Gasteiger partial charge in [0.25, 0.3) is 26.1 Å². The van der Waals surface area contributed by atoms with E-state index < -0.39 is 53.3 Å². The average Bonchev–Trinajstić information content (AvgIpc) is 3.38. The molecule has 0 aromatic heterocycles. The number of hydrogen-bond donors (Lipinski definition) is 4.